The molecule has 29 heavy (non-hydrogen) atoms. The first kappa shape index (κ1) is 18.9. The van der Waals surface area contributed by atoms with Crippen LogP contribution < -0.4 is 10.2 Å². The van der Waals surface area contributed by atoms with E-state index >= 15 is 0 Å². The molecule has 0 spiro atoms. The fourth-order valence-corrected chi connectivity index (χ4v) is 3.11. The Morgan fingerprint density at radius 1 is 1.28 bits per heavy atom. The fourth-order valence-electron chi connectivity index (χ4n) is 2.92. The number of morpholine rings is 1. The molecule has 0 bridgehead atoms. The van der Waals surface area contributed by atoms with Crippen molar-refractivity contribution >= 4 is 41.0 Å². The summed E-state index contributed by atoms with van der Waals surface area (Å²) in [6.07, 6.45) is 3.40. The molecule has 4 rings (SSSR count). The van der Waals surface area contributed by atoms with E-state index in [0.29, 0.717) is 35.4 Å². The number of rotatable bonds is 5. The summed E-state index contributed by atoms with van der Waals surface area (Å²) in [6, 6.07) is 13.2. The van der Waals surface area contributed by atoms with Gasteiger partial charge in [0.2, 0.25) is 0 Å². The number of aliphatic imine (C=N–C) groups is 1. The predicted molar refractivity (Wildman–Crippen MR) is 113 cm³/mol. The summed E-state index contributed by atoms with van der Waals surface area (Å²) < 4.78 is 5.36. The Kier molecular flexibility index (Phi) is 5.70. The van der Waals surface area contributed by atoms with Crippen molar-refractivity contribution in [1.29, 1.82) is 5.26 Å². The number of hydrogen-bond acceptors (Lipinski definition) is 7. The summed E-state index contributed by atoms with van der Waals surface area (Å²) in [5.74, 6) is 1.68. The lowest BCUT2D eigenvalue weighted by molar-refractivity contribution is 0.122. The lowest BCUT2D eigenvalue weighted by atomic mass is 10.2. The van der Waals surface area contributed by atoms with E-state index in [2.05, 4.69) is 36.5 Å². The molecule has 0 amide bonds. The summed E-state index contributed by atoms with van der Waals surface area (Å²) in [5, 5.41) is 20.1. The fraction of sp³-hybridized carbons (Fsp3) is 0.200. The number of benzene rings is 1. The van der Waals surface area contributed by atoms with Crippen LogP contribution >= 0.6 is 11.6 Å². The number of aromatic amines is 1. The molecule has 3 heterocycles. The normalized spacial score (nSPS) is 14.1. The summed E-state index contributed by atoms with van der Waals surface area (Å²) in [5.41, 5.74) is 1.88. The molecule has 1 aromatic carbocycles. The number of pyridine rings is 1. The minimum atomic E-state index is 0.319. The average molecular weight is 408 g/mol. The van der Waals surface area contributed by atoms with Crippen molar-refractivity contribution in [3.8, 4) is 6.07 Å². The van der Waals surface area contributed by atoms with Gasteiger partial charge in [-0.05, 0) is 30.3 Å². The standard InChI is InChI=1S/C20H18ClN7O/c21-15-2-1-3-16(10-15)25-20-17(11-22)19(26-27-20)24-13-14-4-5-18(23-12-14)28-6-8-29-9-7-28/h1-5,10,12-13H,6-9H2,(H2,25,26,27)/b24-13+. The maximum absolute atomic E-state index is 9.52. The van der Waals surface area contributed by atoms with Crippen LogP contribution in [-0.4, -0.2) is 47.7 Å². The summed E-state index contributed by atoms with van der Waals surface area (Å²) in [4.78, 5) is 11.0. The molecule has 0 radical (unpaired) electrons. The first-order valence-electron chi connectivity index (χ1n) is 9.07. The number of anilines is 3. The third kappa shape index (κ3) is 4.54. The number of halogens is 1. The van der Waals surface area contributed by atoms with Gasteiger partial charge in [-0.25, -0.2) is 9.98 Å². The molecule has 3 aromatic rings. The van der Waals surface area contributed by atoms with Gasteiger partial charge < -0.3 is 15.0 Å². The molecular weight excluding hydrogens is 390 g/mol. The highest BCUT2D eigenvalue weighted by Crippen LogP contribution is 2.26. The zero-order chi connectivity index (χ0) is 20.1. The molecule has 1 aliphatic heterocycles. The van der Waals surface area contributed by atoms with Gasteiger partial charge in [0, 0.05) is 41.8 Å². The topological polar surface area (TPSA) is 102 Å². The van der Waals surface area contributed by atoms with Crippen molar-refractivity contribution in [2.75, 3.05) is 36.5 Å². The van der Waals surface area contributed by atoms with Gasteiger partial charge in [-0.2, -0.15) is 10.4 Å². The van der Waals surface area contributed by atoms with Gasteiger partial charge in [0.25, 0.3) is 0 Å². The number of ether oxygens (including phenoxy) is 1. The van der Waals surface area contributed by atoms with E-state index in [1.807, 2.05) is 24.3 Å². The third-order valence-electron chi connectivity index (χ3n) is 4.39. The van der Waals surface area contributed by atoms with Gasteiger partial charge in [0.15, 0.2) is 11.6 Å². The lowest BCUT2D eigenvalue weighted by Gasteiger charge is -2.27. The van der Waals surface area contributed by atoms with Crippen LogP contribution in [0.2, 0.25) is 5.02 Å². The molecule has 0 aliphatic carbocycles. The molecule has 0 saturated carbocycles. The van der Waals surface area contributed by atoms with Gasteiger partial charge in [-0.3, -0.25) is 5.10 Å². The number of aromatic nitrogens is 3. The van der Waals surface area contributed by atoms with Crippen LogP contribution in [0, 0.1) is 11.3 Å². The first-order valence-corrected chi connectivity index (χ1v) is 9.44. The van der Waals surface area contributed by atoms with E-state index < -0.39 is 0 Å². The second-order valence-electron chi connectivity index (χ2n) is 6.35. The zero-order valence-corrected chi connectivity index (χ0v) is 16.2. The van der Waals surface area contributed by atoms with Crippen LogP contribution in [-0.2, 0) is 4.74 Å². The molecule has 1 aliphatic rings. The third-order valence-corrected chi connectivity index (χ3v) is 4.63. The Hall–Kier alpha value is -3.41. The molecule has 9 heteroatoms. The Morgan fingerprint density at radius 3 is 2.86 bits per heavy atom. The van der Waals surface area contributed by atoms with Gasteiger partial charge in [-0.1, -0.05) is 17.7 Å². The van der Waals surface area contributed by atoms with Crippen LogP contribution in [0.3, 0.4) is 0 Å². The zero-order valence-electron chi connectivity index (χ0n) is 15.5. The van der Waals surface area contributed by atoms with E-state index in [1.54, 1.807) is 24.5 Å². The van der Waals surface area contributed by atoms with Crippen LogP contribution in [0.5, 0.6) is 0 Å². The molecule has 1 fully saturated rings. The highest BCUT2D eigenvalue weighted by atomic mass is 35.5. The smallest absolute Gasteiger partial charge is 0.172 e. The summed E-state index contributed by atoms with van der Waals surface area (Å²) in [6.45, 7) is 3.10. The predicted octanol–water partition coefficient (Wildman–Crippen LogP) is 3.66. The Labute approximate surface area is 172 Å². The largest absolute Gasteiger partial charge is 0.378 e. The van der Waals surface area contributed by atoms with Crippen LogP contribution in [0.4, 0.5) is 23.1 Å². The Morgan fingerprint density at radius 2 is 2.14 bits per heavy atom. The number of hydrogen-bond donors (Lipinski definition) is 2. The van der Waals surface area contributed by atoms with E-state index in [-0.39, 0.29) is 0 Å². The van der Waals surface area contributed by atoms with Crippen LogP contribution in [0.1, 0.15) is 11.1 Å². The van der Waals surface area contributed by atoms with E-state index in [1.165, 1.54) is 0 Å². The highest BCUT2D eigenvalue weighted by Gasteiger charge is 2.13. The molecule has 8 nitrogen and oxygen atoms in total. The van der Waals surface area contributed by atoms with Gasteiger partial charge in [0.1, 0.15) is 17.5 Å². The van der Waals surface area contributed by atoms with Crippen molar-refractivity contribution in [3.05, 3.63) is 58.7 Å². The van der Waals surface area contributed by atoms with Crippen LogP contribution in [0.25, 0.3) is 0 Å². The molecule has 2 N–H and O–H groups in total. The van der Waals surface area contributed by atoms with Crippen molar-refractivity contribution in [2.24, 2.45) is 4.99 Å². The minimum absolute atomic E-state index is 0.319. The average Bonchev–Trinajstić information content (AvgIpc) is 3.14. The molecule has 146 valence electrons. The Balaban J connectivity index is 1.48. The molecule has 2 aromatic heterocycles. The monoisotopic (exact) mass is 407 g/mol. The number of nitriles is 1. The molecule has 0 atom stereocenters. The molecule has 1 saturated heterocycles. The maximum Gasteiger partial charge on any atom is 0.172 e. The molecular formula is C20H18ClN7O. The second kappa shape index (κ2) is 8.73. The summed E-state index contributed by atoms with van der Waals surface area (Å²) >= 11 is 6.00. The van der Waals surface area contributed by atoms with Crippen molar-refractivity contribution in [1.82, 2.24) is 15.2 Å². The SMILES string of the molecule is N#Cc1c(Nc2cccc(Cl)c2)n[nH]c1/N=C/c1ccc(N2CCOCC2)nc1. The van der Waals surface area contributed by atoms with Crippen molar-refractivity contribution in [2.45, 2.75) is 0 Å². The number of H-pyrrole nitrogens is 1. The minimum Gasteiger partial charge on any atom is -0.378 e. The first-order chi connectivity index (χ1) is 14.2. The van der Waals surface area contributed by atoms with Gasteiger partial charge >= 0.3 is 0 Å². The number of nitrogens with one attached hydrogen (secondary N) is 2. The number of nitrogens with zero attached hydrogens (tertiary/aromatic N) is 5. The Bertz CT molecular complexity index is 1050. The van der Waals surface area contributed by atoms with E-state index in [0.717, 1.165) is 30.2 Å². The lowest BCUT2D eigenvalue weighted by Crippen LogP contribution is -2.36. The van der Waals surface area contributed by atoms with Crippen molar-refractivity contribution < 1.29 is 4.74 Å². The summed E-state index contributed by atoms with van der Waals surface area (Å²) in [7, 11) is 0. The van der Waals surface area contributed by atoms with Crippen molar-refractivity contribution in [3.63, 3.8) is 0 Å². The molecule has 0 unspecified atom stereocenters. The van der Waals surface area contributed by atoms with E-state index in [9.17, 15) is 5.26 Å². The van der Waals surface area contributed by atoms with Crippen LogP contribution in [0.15, 0.2) is 47.6 Å². The maximum atomic E-state index is 9.52. The van der Waals surface area contributed by atoms with Gasteiger partial charge in [0.05, 0.1) is 13.2 Å². The second-order valence-corrected chi connectivity index (χ2v) is 6.79. The quantitative estimate of drug-likeness (QED) is 0.626. The van der Waals surface area contributed by atoms with E-state index in [4.69, 9.17) is 16.3 Å². The highest BCUT2D eigenvalue weighted by molar-refractivity contribution is 6.30. The van der Waals surface area contributed by atoms with Gasteiger partial charge in [-0.15, -0.1) is 0 Å².